The maximum Gasteiger partial charge on any atom is 0.337 e. The van der Waals surface area contributed by atoms with Crippen molar-refractivity contribution in [2.24, 2.45) is 0 Å². The average Bonchev–Trinajstić information content (AvgIpc) is 2.08. The van der Waals surface area contributed by atoms with Crippen molar-refractivity contribution in [3.8, 4) is 0 Å². The van der Waals surface area contributed by atoms with Gasteiger partial charge >= 0.3 is 5.97 Å². The minimum absolute atomic E-state index is 0.403. The Hall–Kier alpha value is -1.75. The lowest BCUT2D eigenvalue weighted by molar-refractivity contribution is -0.145. The molecule has 13 heavy (non-hydrogen) atoms. The highest BCUT2D eigenvalue weighted by Gasteiger charge is 2.25. The van der Waals surface area contributed by atoms with E-state index < -0.39 is 29.2 Å². The fraction of sp³-hybridized carbons (Fsp3) is 0.125. The van der Waals surface area contributed by atoms with Crippen molar-refractivity contribution >= 4 is 17.5 Å². The predicted molar refractivity (Wildman–Crippen MR) is 40.9 cm³/mol. The number of aliphatic carboxylic acids is 1. The van der Waals surface area contributed by atoms with Crippen molar-refractivity contribution in [2.45, 2.75) is 6.10 Å². The van der Waals surface area contributed by atoms with Gasteiger partial charge in [0.25, 0.3) is 0 Å². The average molecular weight is 182 g/mol. The van der Waals surface area contributed by atoms with Gasteiger partial charge in [0, 0.05) is 5.57 Å². The quantitative estimate of drug-likeness (QED) is 0.538. The van der Waals surface area contributed by atoms with Gasteiger partial charge in [-0.25, -0.2) is 4.79 Å². The smallest absolute Gasteiger partial charge is 0.337 e. The van der Waals surface area contributed by atoms with Crippen LogP contribution in [0.2, 0.25) is 0 Å². The Labute approximate surface area is 73.0 Å². The van der Waals surface area contributed by atoms with Crippen LogP contribution in [0.15, 0.2) is 23.8 Å². The molecule has 0 saturated heterocycles. The first-order valence-corrected chi connectivity index (χ1v) is 3.41. The van der Waals surface area contributed by atoms with Crippen LogP contribution in [0.25, 0.3) is 0 Å². The van der Waals surface area contributed by atoms with Gasteiger partial charge in [0.05, 0.1) is 0 Å². The van der Waals surface area contributed by atoms with Gasteiger partial charge < -0.3 is 10.2 Å². The lowest BCUT2D eigenvalue weighted by atomic mass is 9.99. The molecule has 1 aliphatic carbocycles. The first-order valence-electron chi connectivity index (χ1n) is 3.41. The molecular weight excluding hydrogens is 176 g/mol. The summed E-state index contributed by atoms with van der Waals surface area (Å²) < 4.78 is 0. The van der Waals surface area contributed by atoms with Crippen molar-refractivity contribution < 1.29 is 24.6 Å². The molecule has 0 amide bonds. The highest BCUT2D eigenvalue weighted by atomic mass is 16.4. The maximum absolute atomic E-state index is 11.0. The molecule has 1 rings (SSSR count). The molecule has 1 unspecified atom stereocenters. The van der Waals surface area contributed by atoms with Crippen LogP contribution < -0.4 is 0 Å². The normalized spacial score (nSPS) is 18.4. The van der Waals surface area contributed by atoms with E-state index in [4.69, 9.17) is 10.2 Å². The Morgan fingerprint density at radius 2 is 1.92 bits per heavy atom. The van der Waals surface area contributed by atoms with Crippen molar-refractivity contribution in [1.29, 1.82) is 0 Å². The van der Waals surface area contributed by atoms with E-state index in [9.17, 15) is 14.4 Å². The molecule has 0 aromatic rings. The molecule has 0 heterocycles. The van der Waals surface area contributed by atoms with Crippen LogP contribution >= 0.6 is 0 Å². The number of carboxylic acids is 1. The molecule has 0 bridgehead atoms. The van der Waals surface area contributed by atoms with Gasteiger partial charge in [-0.05, 0) is 18.2 Å². The Morgan fingerprint density at radius 1 is 1.31 bits per heavy atom. The number of allylic oxidation sites excluding steroid dienone is 3. The Balaban J connectivity index is 2.97. The summed E-state index contributed by atoms with van der Waals surface area (Å²) in [4.78, 5) is 32.0. The lowest BCUT2D eigenvalue weighted by Gasteiger charge is -2.09. The third kappa shape index (κ3) is 1.88. The SMILES string of the molecule is O=C1C=CC(=O)C(C(O)C(=O)O)=C1. The number of carbonyl (C=O) groups excluding carboxylic acids is 2. The summed E-state index contributed by atoms with van der Waals surface area (Å²) in [7, 11) is 0. The standard InChI is InChI=1S/C8H6O5/c9-4-1-2-6(10)5(3-4)7(11)8(12)13/h1-3,7,11H,(H,12,13). The van der Waals surface area contributed by atoms with E-state index in [0.29, 0.717) is 0 Å². The number of hydrogen-bond acceptors (Lipinski definition) is 4. The van der Waals surface area contributed by atoms with Crippen molar-refractivity contribution in [3.05, 3.63) is 23.8 Å². The molecule has 0 radical (unpaired) electrons. The molecule has 0 aliphatic heterocycles. The largest absolute Gasteiger partial charge is 0.479 e. The molecule has 5 heteroatoms. The van der Waals surface area contributed by atoms with Crippen molar-refractivity contribution in [1.82, 2.24) is 0 Å². The topological polar surface area (TPSA) is 91.7 Å². The highest BCUT2D eigenvalue weighted by Crippen LogP contribution is 2.10. The zero-order valence-electron chi connectivity index (χ0n) is 6.43. The van der Waals surface area contributed by atoms with Crippen LogP contribution in [0, 0.1) is 0 Å². The minimum Gasteiger partial charge on any atom is -0.479 e. The number of carboxylic acid groups (broad SMARTS) is 1. The predicted octanol–water partition coefficient (Wildman–Crippen LogP) is -0.934. The van der Waals surface area contributed by atoms with Crippen LogP contribution in [0.5, 0.6) is 0 Å². The molecule has 2 N–H and O–H groups in total. The fourth-order valence-electron chi connectivity index (χ4n) is 0.873. The second kappa shape index (κ2) is 3.32. The van der Waals surface area contributed by atoms with Crippen LogP contribution in [0.3, 0.4) is 0 Å². The van der Waals surface area contributed by atoms with Gasteiger partial charge in [0.1, 0.15) is 0 Å². The monoisotopic (exact) mass is 182 g/mol. The van der Waals surface area contributed by atoms with Gasteiger partial charge in [-0.1, -0.05) is 0 Å². The van der Waals surface area contributed by atoms with Crippen LogP contribution in [-0.2, 0) is 14.4 Å². The summed E-state index contributed by atoms with van der Waals surface area (Å²) in [5.41, 5.74) is -0.403. The van der Waals surface area contributed by atoms with Gasteiger partial charge in [0.2, 0.25) is 0 Å². The number of carbonyl (C=O) groups is 3. The summed E-state index contributed by atoms with van der Waals surface area (Å²) in [5.74, 6) is -2.72. The van der Waals surface area contributed by atoms with Gasteiger partial charge in [-0.2, -0.15) is 0 Å². The third-order valence-electron chi connectivity index (χ3n) is 1.51. The van der Waals surface area contributed by atoms with Gasteiger partial charge in [0.15, 0.2) is 17.7 Å². The molecule has 0 aromatic carbocycles. The van der Waals surface area contributed by atoms with E-state index in [1.165, 1.54) is 0 Å². The molecule has 0 fully saturated rings. The first kappa shape index (κ1) is 9.34. The molecule has 0 aromatic heterocycles. The molecule has 0 saturated carbocycles. The molecule has 0 spiro atoms. The zero-order valence-corrected chi connectivity index (χ0v) is 6.43. The van der Waals surface area contributed by atoms with Crippen LogP contribution in [-0.4, -0.2) is 33.9 Å². The van der Waals surface area contributed by atoms with Crippen molar-refractivity contribution in [2.75, 3.05) is 0 Å². The van der Waals surface area contributed by atoms with E-state index in [2.05, 4.69) is 0 Å². The second-order valence-corrected chi connectivity index (χ2v) is 2.44. The van der Waals surface area contributed by atoms with Crippen LogP contribution in [0.4, 0.5) is 0 Å². The van der Waals surface area contributed by atoms with Gasteiger partial charge in [-0.3, -0.25) is 9.59 Å². The van der Waals surface area contributed by atoms with E-state index in [0.717, 1.165) is 18.2 Å². The highest BCUT2D eigenvalue weighted by molar-refractivity contribution is 6.19. The summed E-state index contributed by atoms with van der Waals surface area (Å²) in [5, 5.41) is 17.3. The Bertz CT molecular complexity index is 336. The number of aliphatic hydroxyl groups is 1. The fourth-order valence-corrected chi connectivity index (χ4v) is 0.873. The molecule has 1 atom stereocenters. The Morgan fingerprint density at radius 3 is 2.46 bits per heavy atom. The zero-order chi connectivity index (χ0) is 10.0. The summed E-state index contributed by atoms with van der Waals surface area (Å²) in [6.45, 7) is 0. The summed E-state index contributed by atoms with van der Waals surface area (Å²) >= 11 is 0. The summed E-state index contributed by atoms with van der Waals surface area (Å²) in [6, 6.07) is 0. The lowest BCUT2D eigenvalue weighted by Crippen LogP contribution is -2.27. The van der Waals surface area contributed by atoms with Crippen LogP contribution in [0.1, 0.15) is 0 Å². The van der Waals surface area contributed by atoms with E-state index in [-0.39, 0.29) is 0 Å². The number of rotatable bonds is 2. The first-order chi connectivity index (χ1) is 6.02. The second-order valence-electron chi connectivity index (χ2n) is 2.44. The molecule has 1 aliphatic rings. The minimum atomic E-state index is -1.93. The summed E-state index contributed by atoms with van der Waals surface area (Å²) in [6.07, 6.45) is 0.840. The molecule has 68 valence electrons. The number of hydrogen-bond donors (Lipinski definition) is 2. The molecule has 5 nitrogen and oxygen atoms in total. The third-order valence-corrected chi connectivity index (χ3v) is 1.51. The maximum atomic E-state index is 11.0. The Kier molecular flexibility index (Phi) is 2.39. The number of ketones is 2. The number of aliphatic hydroxyl groups excluding tert-OH is 1. The van der Waals surface area contributed by atoms with E-state index in [1.807, 2.05) is 0 Å². The van der Waals surface area contributed by atoms with Gasteiger partial charge in [-0.15, -0.1) is 0 Å². The molecular formula is C8H6O5. The van der Waals surface area contributed by atoms with Crippen molar-refractivity contribution in [3.63, 3.8) is 0 Å². The van der Waals surface area contributed by atoms with E-state index >= 15 is 0 Å². The van der Waals surface area contributed by atoms with E-state index in [1.54, 1.807) is 0 Å².